The first kappa shape index (κ1) is 16.5. The van der Waals surface area contributed by atoms with E-state index in [1.807, 2.05) is 0 Å². The largest absolute Gasteiger partial charge is 0.387 e. The van der Waals surface area contributed by atoms with E-state index in [2.05, 4.69) is 56.0 Å². The number of aliphatic hydroxyl groups excluding tert-OH is 1. The summed E-state index contributed by atoms with van der Waals surface area (Å²) in [6.45, 7) is 8.41. The topological polar surface area (TPSA) is 23.5 Å². The van der Waals surface area contributed by atoms with Crippen molar-refractivity contribution in [3.8, 4) is 0 Å². The number of aryl methyl sites for hydroxylation is 2. The molecule has 0 fully saturated rings. The lowest BCUT2D eigenvalue weighted by molar-refractivity contribution is 0.0647. The Morgan fingerprint density at radius 3 is 2.39 bits per heavy atom. The third-order valence-corrected chi connectivity index (χ3v) is 5.57. The fraction of sp³-hybridized carbons (Fsp3) is 0.524. The SMILES string of the molecule is CCN(CC)C(C)C(O)c1cc2c(c3ccccc13)CCCC2. The highest BCUT2D eigenvalue weighted by atomic mass is 16.3. The van der Waals surface area contributed by atoms with Crippen LogP contribution in [-0.2, 0) is 12.8 Å². The van der Waals surface area contributed by atoms with Crippen molar-refractivity contribution >= 4 is 10.8 Å². The minimum absolute atomic E-state index is 0.134. The summed E-state index contributed by atoms with van der Waals surface area (Å²) in [5, 5.41) is 13.7. The molecule has 2 unspecified atom stereocenters. The van der Waals surface area contributed by atoms with Crippen molar-refractivity contribution in [3.63, 3.8) is 0 Å². The molecule has 0 saturated heterocycles. The highest BCUT2D eigenvalue weighted by molar-refractivity contribution is 5.90. The first-order chi connectivity index (χ1) is 11.2. The lowest BCUT2D eigenvalue weighted by Gasteiger charge is -2.32. The Morgan fingerprint density at radius 1 is 1.04 bits per heavy atom. The van der Waals surface area contributed by atoms with Crippen molar-refractivity contribution in [2.24, 2.45) is 0 Å². The number of hydrogen-bond donors (Lipinski definition) is 1. The maximum absolute atomic E-state index is 11.1. The van der Waals surface area contributed by atoms with Crippen molar-refractivity contribution in [1.29, 1.82) is 0 Å². The molecule has 23 heavy (non-hydrogen) atoms. The number of rotatable bonds is 5. The minimum atomic E-state index is -0.438. The van der Waals surface area contributed by atoms with Crippen LogP contribution in [-0.4, -0.2) is 29.1 Å². The molecule has 0 heterocycles. The van der Waals surface area contributed by atoms with Crippen LogP contribution in [0.1, 0.15) is 56.4 Å². The molecule has 2 aromatic carbocycles. The Bertz CT molecular complexity index is 675. The summed E-state index contributed by atoms with van der Waals surface area (Å²) in [5.41, 5.74) is 4.08. The summed E-state index contributed by atoms with van der Waals surface area (Å²) in [4.78, 5) is 2.33. The molecule has 0 bridgehead atoms. The third-order valence-electron chi connectivity index (χ3n) is 5.57. The zero-order valence-electron chi connectivity index (χ0n) is 14.7. The molecule has 0 amide bonds. The Hall–Kier alpha value is -1.38. The molecular formula is C21H29NO. The number of aliphatic hydroxyl groups is 1. The second kappa shape index (κ2) is 7.02. The van der Waals surface area contributed by atoms with Gasteiger partial charge in [-0.15, -0.1) is 0 Å². The van der Waals surface area contributed by atoms with Crippen LogP contribution in [0.2, 0.25) is 0 Å². The molecule has 2 nitrogen and oxygen atoms in total. The molecule has 0 spiro atoms. The molecule has 2 aromatic rings. The van der Waals surface area contributed by atoms with Gasteiger partial charge in [-0.3, -0.25) is 4.90 Å². The van der Waals surface area contributed by atoms with Gasteiger partial charge >= 0.3 is 0 Å². The van der Waals surface area contributed by atoms with Gasteiger partial charge in [-0.05, 0) is 73.2 Å². The molecule has 124 valence electrons. The first-order valence-electron chi connectivity index (χ1n) is 9.12. The van der Waals surface area contributed by atoms with Crippen molar-refractivity contribution < 1.29 is 5.11 Å². The first-order valence-corrected chi connectivity index (χ1v) is 9.12. The maximum atomic E-state index is 11.1. The minimum Gasteiger partial charge on any atom is -0.387 e. The third kappa shape index (κ3) is 3.02. The van der Waals surface area contributed by atoms with E-state index < -0.39 is 6.10 Å². The van der Waals surface area contributed by atoms with Crippen LogP contribution in [0.4, 0.5) is 0 Å². The summed E-state index contributed by atoms with van der Waals surface area (Å²) in [7, 11) is 0. The van der Waals surface area contributed by atoms with Crippen LogP contribution in [0.25, 0.3) is 10.8 Å². The smallest absolute Gasteiger partial charge is 0.0948 e. The van der Waals surface area contributed by atoms with Gasteiger partial charge in [-0.1, -0.05) is 44.2 Å². The van der Waals surface area contributed by atoms with Crippen LogP contribution in [0, 0.1) is 0 Å². The predicted molar refractivity (Wildman–Crippen MR) is 97.9 cm³/mol. The van der Waals surface area contributed by atoms with Gasteiger partial charge < -0.3 is 5.11 Å². The van der Waals surface area contributed by atoms with Gasteiger partial charge in [0.25, 0.3) is 0 Å². The molecule has 0 aliphatic heterocycles. The highest BCUT2D eigenvalue weighted by Gasteiger charge is 2.25. The molecule has 0 aromatic heterocycles. The second-order valence-electron chi connectivity index (χ2n) is 6.76. The molecule has 1 aliphatic rings. The fourth-order valence-electron chi connectivity index (χ4n) is 4.16. The van der Waals surface area contributed by atoms with E-state index in [1.54, 1.807) is 0 Å². The van der Waals surface area contributed by atoms with Crippen molar-refractivity contribution in [2.45, 2.75) is 58.6 Å². The van der Waals surface area contributed by atoms with E-state index in [-0.39, 0.29) is 6.04 Å². The van der Waals surface area contributed by atoms with Crippen molar-refractivity contribution in [3.05, 3.63) is 47.0 Å². The Morgan fingerprint density at radius 2 is 1.70 bits per heavy atom. The predicted octanol–water partition coefficient (Wildman–Crippen LogP) is 4.48. The molecule has 0 radical (unpaired) electrons. The summed E-state index contributed by atoms with van der Waals surface area (Å²) >= 11 is 0. The van der Waals surface area contributed by atoms with E-state index in [4.69, 9.17) is 0 Å². The molecule has 2 atom stereocenters. The van der Waals surface area contributed by atoms with Gasteiger partial charge in [0.15, 0.2) is 0 Å². The van der Waals surface area contributed by atoms with Gasteiger partial charge in [-0.25, -0.2) is 0 Å². The molecular weight excluding hydrogens is 282 g/mol. The van der Waals surface area contributed by atoms with E-state index >= 15 is 0 Å². The maximum Gasteiger partial charge on any atom is 0.0948 e. The average molecular weight is 311 g/mol. The van der Waals surface area contributed by atoms with Crippen LogP contribution in [0.5, 0.6) is 0 Å². The summed E-state index contributed by atoms with van der Waals surface area (Å²) < 4.78 is 0. The van der Waals surface area contributed by atoms with Crippen LogP contribution < -0.4 is 0 Å². The fourth-order valence-corrected chi connectivity index (χ4v) is 4.16. The van der Waals surface area contributed by atoms with Crippen LogP contribution in [0.3, 0.4) is 0 Å². The highest BCUT2D eigenvalue weighted by Crippen LogP contribution is 2.35. The monoisotopic (exact) mass is 311 g/mol. The van der Waals surface area contributed by atoms with E-state index in [9.17, 15) is 5.11 Å². The Labute approximate surface area is 140 Å². The van der Waals surface area contributed by atoms with Gasteiger partial charge in [0.2, 0.25) is 0 Å². The standard InChI is InChI=1S/C21H29NO/c1-4-22(5-2)15(3)21(23)20-14-16-10-6-7-11-17(16)18-12-8-9-13-19(18)20/h8-9,12-15,21,23H,4-7,10-11H2,1-3H3. The summed E-state index contributed by atoms with van der Waals surface area (Å²) in [6.07, 6.45) is 4.45. The molecule has 0 saturated carbocycles. The number of likely N-dealkylation sites (N-methyl/N-ethyl adjacent to an activating group) is 1. The molecule has 2 heteroatoms. The second-order valence-corrected chi connectivity index (χ2v) is 6.76. The van der Waals surface area contributed by atoms with E-state index in [0.717, 1.165) is 25.1 Å². The summed E-state index contributed by atoms with van der Waals surface area (Å²) in [5.74, 6) is 0. The molecule has 1 aliphatic carbocycles. The van der Waals surface area contributed by atoms with Crippen LogP contribution >= 0.6 is 0 Å². The lowest BCUT2D eigenvalue weighted by Crippen LogP contribution is -2.37. The van der Waals surface area contributed by atoms with Gasteiger partial charge in [-0.2, -0.15) is 0 Å². The van der Waals surface area contributed by atoms with Crippen LogP contribution in [0.15, 0.2) is 30.3 Å². The number of nitrogens with zero attached hydrogens (tertiary/aromatic N) is 1. The zero-order chi connectivity index (χ0) is 16.4. The molecule has 1 N–H and O–H groups in total. The normalized spacial score (nSPS) is 17.3. The average Bonchev–Trinajstić information content (AvgIpc) is 2.61. The van der Waals surface area contributed by atoms with Gasteiger partial charge in [0, 0.05) is 6.04 Å². The number of fused-ring (bicyclic) bond motifs is 3. The molecule has 3 rings (SSSR count). The van der Waals surface area contributed by atoms with Crippen molar-refractivity contribution in [1.82, 2.24) is 4.90 Å². The Kier molecular flexibility index (Phi) is 5.03. The quantitative estimate of drug-likeness (QED) is 0.880. The number of benzene rings is 2. The zero-order valence-corrected chi connectivity index (χ0v) is 14.7. The van der Waals surface area contributed by atoms with E-state index in [1.165, 1.54) is 41.2 Å². The summed E-state index contributed by atoms with van der Waals surface area (Å²) in [6, 6.07) is 11.1. The van der Waals surface area contributed by atoms with Gasteiger partial charge in [0.05, 0.1) is 6.10 Å². The number of hydrogen-bond acceptors (Lipinski definition) is 2. The lowest BCUT2D eigenvalue weighted by atomic mass is 9.83. The van der Waals surface area contributed by atoms with E-state index in [0.29, 0.717) is 0 Å². The van der Waals surface area contributed by atoms with Gasteiger partial charge in [0.1, 0.15) is 0 Å². The Balaban J connectivity index is 2.10. The van der Waals surface area contributed by atoms with Crippen molar-refractivity contribution in [2.75, 3.05) is 13.1 Å².